The SMILES string of the molecule is O=C(CCc1nc2ccccc2[nH]1)NCC1CCCN(Cc2ccccc2)C1. The third kappa shape index (κ3) is 4.98. The van der Waals surface area contributed by atoms with Crippen molar-refractivity contribution in [2.45, 2.75) is 32.2 Å². The van der Waals surface area contributed by atoms with Crippen LogP contribution >= 0.6 is 0 Å². The Kier molecular flexibility index (Phi) is 6.02. The van der Waals surface area contributed by atoms with E-state index in [9.17, 15) is 4.79 Å². The lowest BCUT2D eigenvalue weighted by molar-refractivity contribution is -0.121. The summed E-state index contributed by atoms with van der Waals surface area (Å²) in [6.07, 6.45) is 3.51. The number of nitrogens with zero attached hydrogens (tertiary/aromatic N) is 2. The first kappa shape index (κ1) is 18.7. The fraction of sp³-hybridized carbons (Fsp3) is 0.391. The maximum Gasteiger partial charge on any atom is 0.220 e. The number of H-pyrrole nitrogens is 1. The van der Waals surface area contributed by atoms with Crippen LogP contribution in [0.25, 0.3) is 11.0 Å². The minimum Gasteiger partial charge on any atom is -0.356 e. The Balaban J connectivity index is 1.20. The monoisotopic (exact) mass is 376 g/mol. The van der Waals surface area contributed by atoms with Crippen LogP contribution in [0.5, 0.6) is 0 Å². The van der Waals surface area contributed by atoms with Crippen molar-refractivity contribution in [3.63, 3.8) is 0 Å². The van der Waals surface area contributed by atoms with Crippen LogP contribution in [0.4, 0.5) is 0 Å². The average Bonchev–Trinajstić information content (AvgIpc) is 3.15. The second-order valence-electron chi connectivity index (χ2n) is 7.73. The van der Waals surface area contributed by atoms with E-state index in [2.05, 4.69) is 50.5 Å². The van der Waals surface area contributed by atoms with Crippen LogP contribution in [0.1, 0.15) is 30.7 Å². The topological polar surface area (TPSA) is 61.0 Å². The zero-order valence-corrected chi connectivity index (χ0v) is 16.2. The van der Waals surface area contributed by atoms with Gasteiger partial charge in [0.15, 0.2) is 0 Å². The van der Waals surface area contributed by atoms with Gasteiger partial charge in [-0.15, -0.1) is 0 Å². The van der Waals surface area contributed by atoms with Crippen molar-refractivity contribution in [1.29, 1.82) is 0 Å². The third-order valence-electron chi connectivity index (χ3n) is 5.47. The fourth-order valence-corrected chi connectivity index (χ4v) is 4.01. The van der Waals surface area contributed by atoms with Gasteiger partial charge in [-0.2, -0.15) is 0 Å². The van der Waals surface area contributed by atoms with Crippen LogP contribution in [-0.4, -0.2) is 40.4 Å². The lowest BCUT2D eigenvalue weighted by Crippen LogP contribution is -2.40. The lowest BCUT2D eigenvalue weighted by Gasteiger charge is -2.32. The summed E-state index contributed by atoms with van der Waals surface area (Å²) in [6, 6.07) is 18.6. The molecule has 2 aromatic carbocycles. The molecule has 2 N–H and O–H groups in total. The van der Waals surface area contributed by atoms with E-state index in [0.717, 1.165) is 43.0 Å². The Hall–Kier alpha value is -2.66. The first-order chi connectivity index (χ1) is 13.8. The van der Waals surface area contributed by atoms with Gasteiger partial charge in [0.1, 0.15) is 5.82 Å². The maximum atomic E-state index is 12.3. The van der Waals surface area contributed by atoms with Gasteiger partial charge in [0.2, 0.25) is 5.91 Å². The molecule has 0 saturated carbocycles. The number of rotatable bonds is 7. The van der Waals surface area contributed by atoms with E-state index in [1.807, 2.05) is 24.3 Å². The molecule has 5 heteroatoms. The third-order valence-corrected chi connectivity index (χ3v) is 5.47. The number of piperidine rings is 1. The second-order valence-corrected chi connectivity index (χ2v) is 7.73. The highest BCUT2D eigenvalue weighted by molar-refractivity contribution is 5.77. The van der Waals surface area contributed by atoms with Gasteiger partial charge in [0.05, 0.1) is 11.0 Å². The Bertz CT molecular complexity index is 872. The predicted octanol–water partition coefficient (Wildman–Crippen LogP) is 3.52. The first-order valence-electron chi connectivity index (χ1n) is 10.2. The number of carbonyl (C=O) groups excluding carboxylic acids is 1. The number of fused-ring (bicyclic) bond motifs is 1. The molecule has 1 fully saturated rings. The first-order valence-corrected chi connectivity index (χ1v) is 10.2. The number of carbonyl (C=O) groups is 1. The van der Waals surface area contributed by atoms with Crippen molar-refractivity contribution in [1.82, 2.24) is 20.2 Å². The molecule has 4 rings (SSSR count). The molecule has 0 radical (unpaired) electrons. The van der Waals surface area contributed by atoms with Crippen LogP contribution < -0.4 is 5.32 Å². The zero-order chi connectivity index (χ0) is 19.2. The average molecular weight is 377 g/mol. The molecule has 2 heterocycles. The van der Waals surface area contributed by atoms with E-state index >= 15 is 0 Å². The lowest BCUT2D eigenvalue weighted by atomic mass is 9.97. The summed E-state index contributed by atoms with van der Waals surface area (Å²) in [5.74, 6) is 1.52. The number of nitrogens with one attached hydrogen (secondary N) is 2. The van der Waals surface area contributed by atoms with Gasteiger partial charge < -0.3 is 10.3 Å². The Morgan fingerprint density at radius 1 is 1.14 bits per heavy atom. The Morgan fingerprint density at radius 2 is 1.96 bits per heavy atom. The molecule has 146 valence electrons. The van der Waals surface area contributed by atoms with Crippen LogP contribution in [-0.2, 0) is 17.8 Å². The molecule has 1 saturated heterocycles. The molecular weight excluding hydrogens is 348 g/mol. The summed E-state index contributed by atoms with van der Waals surface area (Å²) in [5.41, 5.74) is 3.34. The van der Waals surface area contributed by atoms with Crippen molar-refractivity contribution in [2.24, 2.45) is 5.92 Å². The van der Waals surface area contributed by atoms with Gasteiger partial charge in [-0.3, -0.25) is 9.69 Å². The molecule has 1 amide bonds. The van der Waals surface area contributed by atoms with E-state index in [1.165, 1.54) is 18.4 Å². The summed E-state index contributed by atoms with van der Waals surface area (Å²) in [7, 11) is 0. The van der Waals surface area contributed by atoms with Crippen LogP contribution in [0.3, 0.4) is 0 Å². The minimum atomic E-state index is 0.112. The molecule has 1 unspecified atom stereocenters. The van der Waals surface area contributed by atoms with Gasteiger partial charge in [0.25, 0.3) is 0 Å². The summed E-state index contributed by atoms with van der Waals surface area (Å²) >= 11 is 0. The minimum absolute atomic E-state index is 0.112. The van der Waals surface area contributed by atoms with Crippen molar-refractivity contribution in [3.8, 4) is 0 Å². The standard InChI is InChI=1S/C23H28N4O/c28-23(13-12-22-25-20-10-4-5-11-21(20)26-22)24-15-19-9-6-14-27(17-19)16-18-7-2-1-3-8-18/h1-5,7-8,10-11,19H,6,9,12-17H2,(H,24,28)(H,25,26). The Morgan fingerprint density at radius 3 is 2.82 bits per heavy atom. The van der Waals surface area contributed by atoms with Crippen molar-refractivity contribution in [2.75, 3.05) is 19.6 Å². The van der Waals surface area contributed by atoms with Crippen LogP contribution in [0, 0.1) is 5.92 Å². The van der Waals surface area contributed by atoms with Crippen molar-refractivity contribution in [3.05, 3.63) is 66.0 Å². The van der Waals surface area contributed by atoms with Gasteiger partial charge in [-0.05, 0) is 43.0 Å². The zero-order valence-electron chi connectivity index (χ0n) is 16.2. The molecule has 28 heavy (non-hydrogen) atoms. The quantitative estimate of drug-likeness (QED) is 0.663. The van der Waals surface area contributed by atoms with Gasteiger partial charge in [-0.25, -0.2) is 4.98 Å². The number of hydrogen-bond acceptors (Lipinski definition) is 3. The molecule has 3 aromatic rings. The Labute approximate surface area is 166 Å². The number of para-hydroxylation sites is 2. The molecule has 1 atom stereocenters. The second kappa shape index (κ2) is 9.02. The maximum absolute atomic E-state index is 12.3. The van der Waals surface area contributed by atoms with Gasteiger partial charge in [0, 0.05) is 32.5 Å². The normalized spacial score (nSPS) is 17.6. The van der Waals surface area contributed by atoms with Crippen molar-refractivity contribution < 1.29 is 4.79 Å². The number of imidazole rings is 1. The van der Waals surface area contributed by atoms with E-state index in [-0.39, 0.29) is 5.91 Å². The molecule has 1 aromatic heterocycles. The number of likely N-dealkylation sites (tertiary alicyclic amines) is 1. The van der Waals surface area contributed by atoms with E-state index in [1.54, 1.807) is 0 Å². The number of aryl methyl sites for hydroxylation is 1. The fourth-order valence-electron chi connectivity index (χ4n) is 4.01. The summed E-state index contributed by atoms with van der Waals surface area (Å²) in [5, 5.41) is 3.13. The number of aromatic nitrogens is 2. The van der Waals surface area contributed by atoms with Crippen molar-refractivity contribution >= 4 is 16.9 Å². The molecule has 1 aliphatic rings. The highest BCUT2D eigenvalue weighted by Crippen LogP contribution is 2.18. The predicted molar refractivity (Wildman–Crippen MR) is 112 cm³/mol. The van der Waals surface area contributed by atoms with Gasteiger partial charge in [-0.1, -0.05) is 42.5 Å². The summed E-state index contributed by atoms with van der Waals surface area (Å²) in [6.45, 7) is 3.96. The number of amides is 1. The van der Waals surface area contributed by atoms with E-state index in [0.29, 0.717) is 18.8 Å². The largest absolute Gasteiger partial charge is 0.356 e. The molecule has 0 aliphatic carbocycles. The smallest absolute Gasteiger partial charge is 0.220 e. The van der Waals surface area contributed by atoms with Crippen LogP contribution in [0.15, 0.2) is 54.6 Å². The molecule has 1 aliphatic heterocycles. The van der Waals surface area contributed by atoms with Gasteiger partial charge >= 0.3 is 0 Å². The van der Waals surface area contributed by atoms with Crippen LogP contribution in [0.2, 0.25) is 0 Å². The molecule has 0 spiro atoms. The van der Waals surface area contributed by atoms with E-state index in [4.69, 9.17) is 0 Å². The summed E-state index contributed by atoms with van der Waals surface area (Å²) < 4.78 is 0. The summed E-state index contributed by atoms with van der Waals surface area (Å²) in [4.78, 5) is 22.6. The molecular formula is C23H28N4O. The number of hydrogen-bond donors (Lipinski definition) is 2. The molecule has 0 bridgehead atoms. The number of benzene rings is 2. The molecule has 5 nitrogen and oxygen atoms in total. The highest BCUT2D eigenvalue weighted by Gasteiger charge is 2.20. The highest BCUT2D eigenvalue weighted by atomic mass is 16.1. The van der Waals surface area contributed by atoms with E-state index < -0.39 is 0 Å². The number of aromatic amines is 1.